The van der Waals surface area contributed by atoms with Gasteiger partial charge in [0.05, 0.1) is 6.54 Å². The van der Waals surface area contributed by atoms with E-state index in [-0.39, 0.29) is 24.3 Å². The molecular formula is C20H20BrN3O3. The summed E-state index contributed by atoms with van der Waals surface area (Å²) >= 11 is 3.31. The molecule has 0 radical (unpaired) electrons. The Hall–Kier alpha value is -2.67. The van der Waals surface area contributed by atoms with Gasteiger partial charge in [0.15, 0.2) is 0 Å². The van der Waals surface area contributed by atoms with Crippen molar-refractivity contribution in [2.24, 2.45) is 0 Å². The number of carbonyl (C=O) groups is 3. The highest BCUT2D eigenvalue weighted by Gasteiger charge is 2.19. The molecule has 0 bridgehead atoms. The molecule has 0 spiro atoms. The van der Waals surface area contributed by atoms with Crippen LogP contribution in [0.4, 0.5) is 5.69 Å². The Bertz CT molecular complexity index is 829. The van der Waals surface area contributed by atoms with Crippen LogP contribution in [-0.4, -0.2) is 42.3 Å². The zero-order valence-electron chi connectivity index (χ0n) is 14.7. The van der Waals surface area contributed by atoms with E-state index in [0.717, 1.165) is 30.4 Å². The minimum atomic E-state index is -0.334. The number of nitrogens with one attached hydrogen (secondary N) is 2. The van der Waals surface area contributed by atoms with E-state index in [4.69, 9.17) is 0 Å². The van der Waals surface area contributed by atoms with Gasteiger partial charge in [-0.2, -0.15) is 0 Å². The number of hydrogen-bond acceptors (Lipinski definition) is 3. The van der Waals surface area contributed by atoms with Crippen molar-refractivity contribution in [2.75, 3.05) is 25.0 Å². The van der Waals surface area contributed by atoms with Crippen LogP contribution in [0.3, 0.4) is 0 Å². The Morgan fingerprint density at radius 2 is 1.48 bits per heavy atom. The lowest BCUT2D eigenvalue weighted by molar-refractivity contribution is -0.115. The molecule has 0 unspecified atom stereocenters. The van der Waals surface area contributed by atoms with Gasteiger partial charge >= 0.3 is 0 Å². The molecule has 140 valence electrons. The van der Waals surface area contributed by atoms with E-state index in [2.05, 4.69) is 26.6 Å². The summed E-state index contributed by atoms with van der Waals surface area (Å²) in [5.74, 6) is -0.629. The van der Waals surface area contributed by atoms with Gasteiger partial charge in [-0.1, -0.05) is 15.9 Å². The highest BCUT2D eigenvalue weighted by molar-refractivity contribution is 9.10. The van der Waals surface area contributed by atoms with Crippen LogP contribution in [0.1, 0.15) is 33.6 Å². The summed E-state index contributed by atoms with van der Waals surface area (Å²) in [6.45, 7) is 1.47. The smallest absolute Gasteiger partial charge is 0.253 e. The third kappa shape index (κ3) is 5.17. The van der Waals surface area contributed by atoms with Crippen molar-refractivity contribution in [3.8, 4) is 0 Å². The molecule has 2 N–H and O–H groups in total. The second-order valence-corrected chi connectivity index (χ2v) is 7.23. The van der Waals surface area contributed by atoms with Gasteiger partial charge in [-0.25, -0.2) is 0 Å². The molecule has 1 fully saturated rings. The largest absolute Gasteiger partial charge is 0.343 e. The first-order valence-electron chi connectivity index (χ1n) is 8.76. The molecule has 2 aromatic carbocycles. The SMILES string of the molecule is O=C(CNC(=O)c1ccc(Br)cc1)Nc1ccc(C(=O)N2CCCC2)cc1. The molecule has 0 aliphatic carbocycles. The summed E-state index contributed by atoms with van der Waals surface area (Å²) in [7, 11) is 0. The molecule has 1 aliphatic heterocycles. The highest BCUT2D eigenvalue weighted by Crippen LogP contribution is 2.15. The first kappa shape index (κ1) is 19.1. The van der Waals surface area contributed by atoms with E-state index >= 15 is 0 Å². The van der Waals surface area contributed by atoms with Crippen molar-refractivity contribution in [1.29, 1.82) is 0 Å². The molecule has 3 rings (SSSR count). The van der Waals surface area contributed by atoms with Gasteiger partial charge < -0.3 is 15.5 Å². The molecule has 6 nitrogen and oxygen atoms in total. The number of halogens is 1. The van der Waals surface area contributed by atoms with Crippen molar-refractivity contribution < 1.29 is 14.4 Å². The molecule has 7 heteroatoms. The number of carbonyl (C=O) groups excluding carboxylic acids is 3. The van der Waals surface area contributed by atoms with Crippen LogP contribution < -0.4 is 10.6 Å². The molecule has 0 aromatic heterocycles. The molecule has 1 heterocycles. The third-order valence-electron chi connectivity index (χ3n) is 4.32. The Morgan fingerprint density at radius 3 is 2.11 bits per heavy atom. The third-order valence-corrected chi connectivity index (χ3v) is 4.85. The molecule has 0 saturated carbocycles. The van der Waals surface area contributed by atoms with Crippen molar-refractivity contribution in [1.82, 2.24) is 10.2 Å². The van der Waals surface area contributed by atoms with Gasteiger partial charge in [-0.15, -0.1) is 0 Å². The lowest BCUT2D eigenvalue weighted by Crippen LogP contribution is -2.32. The van der Waals surface area contributed by atoms with Crippen LogP contribution in [0.2, 0.25) is 0 Å². The maximum absolute atomic E-state index is 12.3. The van der Waals surface area contributed by atoms with Gasteiger partial charge in [0.2, 0.25) is 5.91 Å². The van der Waals surface area contributed by atoms with E-state index in [9.17, 15) is 14.4 Å². The average molecular weight is 430 g/mol. The van der Waals surface area contributed by atoms with E-state index in [1.54, 1.807) is 48.5 Å². The summed E-state index contributed by atoms with van der Waals surface area (Å²) < 4.78 is 0.878. The summed E-state index contributed by atoms with van der Waals surface area (Å²) in [6.07, 6.45) is 2.09. The quantitative estimate of drug-likeness (QED) is 0.766. The van der Waals surface area contributed by atoms with Gasteiger partial charge in [-0.05, 0) is 61.4 Å². The number of amides is 3. The molecule has 1 aliphatic rings. The lowest BCUT2D eigenvalue weighted by Gasteiger charge is -2.15. The highest BCUT2D eigenvalue weighted by atomic mass is 79.9. The molecule has 2 aromatic rings. The Kier molecular flexibility index (Phi) is 6.24. The standard InChI is InChI=1S/C20H20BrN3O3/c21-16-7-3-14(4-8-16)19(26)22-13-18(25)23-17-9-5-15(6-10-17)20(27)24-11-1-2-12-24/h3-10H,1-2,11-13H2,(H,22,26)(H,23,25). The van der Waals surface area contributed by atoms with Crippen molar-refractivity contribution in [3.63, 3.8) is 0 Å². The fourth-order valence-corrected chi connectivity index (χ4v) is 3.13. The Balaban J connectivity index is 1.49. The normalized spacial score (nSPS) is 13.3. The van der Waals surface area contributed by atoms with Gasteiger partial charge in [-0.3, -0.25) is 14.4 Å². The van der Waals surface area contributed by atoms with Crippen LogP contribution in [0.15, 0.2) is 53.0 Å². The Labute approximate surface area is 166 Å². The summed E-state index contributed by atoms with van der Waals surface area (Å²) in [4.78, 5) is 38.2. The number of likely N-dealkylation sites (tertiary alicyclic amines) is 1. The number of anilines is 1. The van der Waals surface area contributed by atoms with Gasteiger partial charge in [0, 0.05) is 34.4 Å². The van der Waals surface area contributed by atoms with Crippen molar-refractivity contribution in [2.45, 2.75) is 12.8 Å². The second kappa shape index (κ2) is 8.81. The summed E-state index contributed by atoms with van der Waals surface area (Å²) in [6, 6.07) is 13.7. The maximum Gasteiger partial charge on any atom is 0.253 e. The van der Waals surface area contributed by atoms with Crippen molar-refractivity contribution >= 4 is 39.3 Å². The zero-order valence-corrected chi connectivity index (χ0v) is 16.3. The second-order valence-electron chi connectivity index (χ2n) is 6.31. The van der Waals surface area contributed by atoms with E-state index in [1.807, 2.05) is 4.90 Å². The fraction of sp³-hybridized carbons (Fsp3) is 0.250. The van der Waals surface area contributed by atoms with E-state index in [0.29, 0.717) is 16.8 Å². The monoisotopic (exact) mass is 429 g/mol. The first-order chi connectivity index (χ1) is 13.0. The van der Waals surface area contributed by atoms with E-state index < -0.39 is 0 Å². The van der Waals surface area contributed by atoms with Crippen LogP contribution in [0.25, 0.3) is 0 Å². The predicted octanol–water partition coefficient (Wildman–Crippen LogP) is 3.05. The van der Waals surface area contributed by atoms with Crippen LogP contribution in [0.5, 0.6) is 0 Å². The maximum atomic E-state index is 12.3. The fourth-order valence-electron chi connectivity index (χ4n) is 2.87. The molecule has 1 saturated heterocycles. The van der Waals surface area contributed by atoms with Gasteiger partial charge in [0.1, 0.15) is 0 Å². The van der Waals surface area contributed by atoms with Gasteiger partial charge in [0.25, 0.3) is 11.8 Å². The molecular weight excluding hydrogens is 410 g/mol. The minimum absolute atomic E-state index is 0.0205. The number of nitrogens with zero attached hydrogens (tertiary/aromatic N) is 1. The van der Waals surface area contributed by atoms with Crippen LogP contribution >= 0.6 is 15.9 Å². The zero-order chi connectivity index (χ0) is 19.2. The Morgan fingerprint density at radius 1 is 0.889 bits per heavy atom. The molecule has 3 amide bonds. The summed E-state index contributed by atoms with van der Waals surface area (Å²) in [5, 5.41) is 5.29. The summed E-state index contributed by atoms with van der Waals surface area (Å²) in [5.41, 5.74) is 1.67. The van der Waals surface area contributed by atoms with E-state index in [1.165, 1.54) is 0 Å². The number of rotatable bonds is 5. The molecule has 0 atom stereocenters. The number of benzene rings is 2. The minimum Gasteiger partial charge on any atom is -0.343 e. The predicted molar refractivity (Wildman–Crippen MR) is 107 cm³/mol. The topological polar surface area (TPSA) is 78.5 Å². The number of hydrogen-bond donors (Lipinski definition) is 2. The van der Waals surface area contributed by atoms with Crippen LogP contribution in [0, 0.1) is 0 Å². The van der Waals surface area contributed by atoms with Crippen molar-refractivity contribution in [3.05, 3.63) is 64.1 Å². The lowest BCUT2D eigenvalue weighted by atomic mass is 10.2. The first-order valence-corrected chi connectivity index (χ1v) is 9.55. The molecule has 27 heavy (non-hydrogen) atoms. The van der Waals surface area contributed by atoms with Crippen LogP contribution in [-0.2, 0) is 4.79 Å². The average Bonchev–Trinajstić information content (AvgIpc) is 3.21.